The molecule has 38 heavy (non-hydrogen) atoms. The van der Waals surface area contributed by atoms with E-state index in [1.165, 1.54) is 11.3 Å². The number of hydrogen-bond acceptors (Lipinski definition) is 8. The molecule has 0 saturated heterocycles. The largest absolute Gasteiger partial charge is 0.444 e. The Labute approximate surface area is 223 Å². The zero-order chi connectivity index (χ0) is 27.2. The summed E-state index contributed by atoms with van der Waals surface area (Å²) in [6, 6.07) is 1.87. The van der Waals surface area contributed by atoms with E-state index in [2.05, 4.69) is 21.5 Å². The fraction of sp³-hybridized carbons (Fsp3) is 0.346. The summed E-state index contributed by atoms with van der Waals surface area (Å²) >= 11 is 1.27. The number of carbonyl (C=O) groups excluding carboxylic acids is 2. The monoisotopic (exact) mass is 534 g/mol. The van der Waals surface area contributed by atoms with Gasteiger partial charge in [-0.05, 0) is 51.3 Å². The van der Waals surface area contributed by atoms with Crippen LogP contribution in [0.4, 0.5) is 15.6 Å². The van der Waals surface area contributed by atoms with Gasteiger partial charge in [0.25, 0.3) is 5.91 Å². The summed E-state index contributed by atoms with van der Waals surface area (Å²) in [5, 5.41) is 8.37. The molecule has 1 aliphatic rings. The lowest BCUT2D eigenvalue weighted by molar-refractivity contribution is 0.0273. The summed E-state index contributed by atoms with van der Waals surface area (Å²) in [7, 11) is 1.86. The molecule has 0 atom stereocenters. The number of fused-ring (bicyclic) bond motifs is 1. The number of rotatable bonds is 5. The first-order valence-corrected chi connectivity index (χ1v) is 13.0. The third-order valence-corrected chi connectivity index (χ3v) is 7.17. The number of nitrogens with two attached hydrogens (primary N) is 1. The molecule has 4 aromatic rings. The molecule has 0 bridgehead atoms. The molecular weight excluding hydrogens is 504 g/mol. The van der Waals surface area contributed by atoms with Crippen molar-refractivity contribution < 1.29 is 14.3 Å². The third-order valence-electron chi connectivity index (χ3n) is 6.01. The van der Waals surface area contributed by atoms with Gasteiger partial charge < -0.3 is 20.7 Å². The van der Waals surface area contributed by atoms with Crippen LogP contribution < -0.4 is 11.1 Å². The highest BCUT2D eigenvalue weighted by Gasteiger charge is 2.26. The van der Waals surface area contributed by atoms with Crippen molar-refractivity contribution >= 4 is 45.4 Å². The van der Waals surface area contributed by atoms with Gasteiger partial charge in [0.1, 0.15) is 5.60 Å². The topological polar surface area (TPSA) is 133 Å². The lowest BCUT2D eigenvalue weighted by Crippen LogP contribution is -2.39. The summed E-state index contributed by atoms with van der Waals surface area (Å²) < 4.78 is 9.30. The Hall–Kier alpha value is -4.19. The zero-order valence-electron chi connectivity index (χ0n) is 22.0. The second-order valence-corrected chi connectivity index (χ2v) is 11.3. The van der Waals surface area contributed by atoms with Gasteiger partial charge in [0.05, 0.1) is 40.2 Å². The quantitative estimate of drug-likeness (QED) is 0.389. The molecule has 4 aromatic heterocycles. The van der Waals surface area contributed by atoms with Crippen LogP contribution in [0.25, 0.3) is 22.5 Å². The normalized spacial score (nSPS) is 14.0. The third kappa shape index (κ3) is 5.12. The van der Waals surface area contributed by atoms with E-state index in [0.717, 1.165) is 27.4 Å². The van der Waals surface area contributed by atoms with Gasteiger partial charge >= 0.3 is 6.09 Å². The van der Waals surface area contributed by atoms with Gasteiger partial charge in [0.15, 0.2) is 11.5 Å². The van der Waals surface area contributed by atoms with E-state index in [4.69, 9.17) is 15.5 Å². The van der Waals surface area contributed by atoms with Gasteiger partial charge in [-0.1, -0.05) is 6.08 Å². The van der Waals surface area contributed by atoms with E-state index < -0.39 is 11.5 Å². The first-order valence-electron chi connectivity index (χ1n) is 12.2. The zero-order valence-corrected chi connectivity index (χ0v) is 22.8. The van der Waals surface area contributed by atoms with Crippen LogP contribution in [0.3, 0.4) is 0 Å². The summed E-state index contributed by atoms with van der Waals surface area (Å²) in [6.07, 6.45) is 9.83. The molecule has 198 valence electrons. The Kier molecular flexibility index (Phi) is 6.43. The van der Waals surface area contributed by atoms with Crippen molar-refractivity contribution in [3.63, 3.8) is 0 Å². The molecule has 3 N–H and O–H groups in total. The molecule has 0 aliphatic carbocycles. The fourth-order valence-electron chi connectivity index (χ4n) is 4.31. The molecule has 0 fully saturated rings. The van der Waals surface area contributed by atoms with Crippen molar-refractivity contribution in [2.45, 2.75) is 39.7 Å². The predicted molar refractivity (Wildman–Crippen MR) is 146 cm³/mol. The maximum atomic E-state index is 12.8. The second kappa shape index (κ2) is 9.60. The second-order valence-electron chi connectivity index (χ2n) is 10.2. The van der Waals surface area contributed by atoms with E-state index in [0.29, 0.717) is 41.5 Å². The molecule has 0 spiro atoms. The number of amides is 2. The van der Waals surface area contributed by atoms with Crippen molar-refractivity contribution in [2.24, 2.45) is 12.8 Å². The van der Waals surface area contributed by atoms with Crippen LogP contribution in [0.1, 0.15) is 48.1 Å². The van der Waals surface area contributed by atoms with Crippen LogP contribution in [-0.4, -0.2) is 59.7 Å². The van der Waals surface area contributed by atoms with Crippen LogP contribution in [0, 0.1) is 6.92 Å². The first kappa shape index (κ1) is 25.5. The summed E-state index contributed by atoms with van der Waals surface area (Å²) in [6.45, 7) is 8.35. The maximum Gasteiger partial charge on any atom is 0.410 e. The van der Waals surface area contributed by atoms with Crippen molar-refractivity contribution in [3.05, 3.63) is 53.1 Å². The van der Waals surface area contributed by atoms with Crippen LogP contribution >= 0.6 is 11.3 Å². The molecule has 0 unspecified atom stereocenters. The maximum absolute atomic E-state index is 12.8. The molecule has 0 aromatic carbocycles. The fourth-order valence-corrected chi connectivity index (χ4v) is 5.23. The van der Waals surface area contributed by atoms with Gasteiger partial charge in [-0.2, -0.15) is 5.10 Å². The molecule has 11 nitrogen and oxygen atoms in total. The van der Waals surface area contributed by atoms with E-state index >= 15 is 0 Å². The number of nitrogens with one attached hydrogen (secondary N) is 1. The Morgan fingerprint density at radius 2 is 2.00 bits per heavy atom. The van der Waals surface area contributed by atoms with Crippen molar-refractivity contribution in [2.75, 3.05) is 18.4 Å². The highest BCUT2D eigenvalue weighted by Crippen LogP contribution is 2.33. The number of anilines is 2. The molecular formula is C26H30N8O3S. The Morgan fingerprint density at radius 3 is 2.66 bits per heavy atom. The van der Waals surface area contributed by atoms with Crippen molar-refractivity contribution in [1.29, 1.82) is 0 Å². The number of carbonyl (C=O) groups is 2. The summed E-state index contributed by atoms with van der Waals surface area (Å²) in [4.78, 5) is 36.3. The van der Waals surface area contributed by atoms with E-state index in [1.807, 2.05) is 57.6 Å². The number of hydrogen-bond donors (Lipinski definition) is 2. The lowest BCUT2D eigenvalue weighted by Gasteiger charge is -2.30. The average Bonchev–Trinajstić information content (AvgIpc) is 3.56. The minimum atomic E-state index is -0.579. The SMILES string of the molecule is Cc1cc(Nc2nc(C3=CCCN(C(=O)OC(C)(C)C)C3)cn3c(-c4cnn(C)c4)cnc23)sc1C(N)=O. The van der Waals surface area contributed by atoms with Gasteiger partial charge in [0, 0.05) is 31.5 Å². The van der Waals surface area contributed by atoms with Crippen LogP contribution in [0.2, 0.25) is 0 Å². The highest BCUT2D eigenvalue weighted by atomic mass is 32.1. The number of thiophene rings is 1. The van der Waals surface area contributed by atoms with E-state index in [-0.39, 0.29) is 6.09 Å². The standard InChI is InChI=1S/C26H30N8O3S/c1-15-9-20(38-21(15)22(27)35)31-23-24-28-11-19(17-10-29-32(5)12-17)34(24)14-18(30-23)16-7-6-8-33(13-16)25(36)37-26(2,3)4/h7,9-12,14H,6,8,13H2,1-5H3,(H2,27,35)(H,30,31). The van der Waals surface area contributed by atoms with Crippen LogP contribution in [0.5, 0.6) is 0 Å². The van der Waals surface area contributed by atoms with Crippen molar-refractivity contribution in [3.8, 4) is 11.3 Å². The number of nitrogens with zero attached hydrogens (tertiary/aromatic N) is 6. The van der Waals surface area contributed by atoms with E-state index in [9.17, 15) is 9.59 Å². The first-order chi connectivity index (χ1) is 18.0. The highest BCUT2D eigenvalue weighted by molar-refractivity contribution is 7.18. The number of imidazole rings is 1. The molecule has 0 radical (unpaired) electrons. The van der Waals surface area contributed by atoms with Gasteiger partial charge in [-0.15, -0.1) is 11.3 Å². The lowest BCUT2D eigenvalue weighted by atomic mass is 10.1. The number of primary amides is 1. The van der Waals surface area contributed by atoms with Crippen molar-refractivity contribution in [1.82, 2.24) is 29.0 Å². The molecule has 0 saturated carbocycles. The molecule has 5 rings (SSSR count). The molecule has 12 heteroatoms. The van der Waals surface area contributed by atoms with E-state index in [1.54, 1.807) is 22.0 Å². The summed E-state index contributed by atoms with van der Waals surface area (Å²) in [5.41, 5.74) is 9.70. The van der Waals surface area contributed by atoms with Crippen LogP contribution in [0.15, 0.2) is 36.9 Å². The van der Waals surface area contributed by atoms with Crippen LogP contribution in [-0.2, 0) is 11.8 Å². The minimum absolute atomic E-state index is 0.353. The number of ether oxygens (including phenoxy) is 1. The molecule has 2 amide bonds. The Balaban J connectivity index is 1.57. The Morgan fingerprint density at radius 1 is 1.21 bits per heavy atom. The molecule has 1 aliphatic heterocycles. The summed E-state index contributed by atoms with van der Waals surface area (Å²) in [5.74, 6) is 0.0480. The minimum Gasteiger partial charge on any atom is -0.444 e. The number of aryl methyl sites for hydroxylation is 2. The predicted octanol–water partition coefficient (Wildman–Crippen LogP) is 4.37. The van der Waals surface area contributed by atoms with Gasteiger partial charge in [0.2, 0.25) is 0 Å². The number of aromatic nitrogens is 5. The Bertz CT molecular complexity index is 1570. The average molecular weight is 535 g/mol. The molecule has 5 heterocycles. The smallest absolute Gasteiger partial charge is 0.410 e. The van der Waals surface area contributed by atoms with Gasteiger partial charge in [-0.3, -0.25) is 13.9 Å². The van der Waals surface area contributed by atoms with Gasteiger partial charge in [-0.25, -0.2) is 14.8 Å².